The van der Waals surface area contributed by atoms with Crippen LogP contribution in [0.25, 0.3) is 49.6 Å². The van der Waals surface area contributed by atoms with Gasteiger partial charge in [-0.3, -0.25) is 4.57 Å². The van der Waals surface area contributed by atoms with Crippen LogP contribution in [0, 0.1) is 0 Å². The summed E-state index contributed by atoms with van der Waals surface area (Å²) in [6.45, 7) is 7.33. The van der Waals surface area contributed by atoms with Crippen LogP contribution < -0.4 is 14.5 Å². The van der Waals surface area contributed by atoms with Crippen molar-refractivity contribution in [2.45, 2.75) is 26.2 Å². The standard InChI is InChI=1S/C46H36N4O2/c1-46(2,3)30-24-25-47-44(26-30)50-38-17-6-4-14-34(38)35-23-22-33(28-42(35)50)51-32-13-10-12-31(27-32)48-29-49(40-19-8-7-18-39(40)48)41-20-11-16-37-36-15-5-9-21-43(36)52-45(37)41/h4-28H,29H2,1-3H3. The fraction of sp³-hybridized carbons (Fsp3) is 0.109. The monoisotopic (exact) mass is 676 g/mol. The number of benzene rings is 6. The summed E-state index contributed by atoms with van der Waals surface area (Å²) in [5.74, 6) is 2.43. The van der Waals surface area contributed by atoms with Gasteiger partial charge < -0.3 is 19.0 Å². The average Bonchev–Trinajstić information content (AvgIpc) is 3.84. The molecule has 6 nitrogen and oxygen atoms in total. The molecule has 0 aliphatic carbocycles. The molecule has 0 spiro atoms. The van der Waals surface area contributed by atoms with Crippen LogP contribution in [0.15, 0.2) is 156 Å². The maximum Gasteiger partial charge on any atom is 0.159 e. The van der Waals surface area contributed by atoms with Crippen molar-refractivity contribution < 1.29 is 9.15 Å². The molecule has 6 aromatic carbocycles. The van der Waals surface area contributed by atoms with E-state index in [1.54, 1.807) is 0 Å². The molecule has 0 amide bonds. The summed E-state index contributed by atoms with van der Waals surface area (Å²) in [6, 6.07) is 50.7. The smallest absolute Gasteiger partial charge is 0.159 e. The highest BCUT2D eigenvalue weighted by Crippen LogP contribution is 2.47. The second-order valence-electron chi connectivity index (χ2n) is 14.5. The predicted molar refractivity (Wildman–Crippen MR) is 213 cm³/mol. The Labute approximate surface area is 301 Å². The molecule has 52 heavy (non-hydrogen) atoms. The van der Waals surface area contributed by atoms with Crippen LogP contribution in [-0.2, 0) is 5.41 Å². The maximum atomic E-state index is 6.65. The number of nitrogens with zero attached hydrogens (tertiary/aromatic N) is 4. The van der Waals surface area contributed by atoms with E-state index in [0.717, 1.165) is 78.4 Å². The highest BCUT2D eigenvalue weighted by Gasteiger charge is 2.30. The first-order valence-corrected chi connectivity index (χ1v) is 17.7. The summed E-state index contributed by atoms with van der Waals surface area (Å²) in [6.07, 6.45) is 1.91. The van der Waals surface area contributed by atoms with Gasteiger partial charge in [0.15, 0.2) is 5.58 Å². The van der Waals surface area contributed by atoms with Crippen molar-refractivity contribution in [1.82, 2.24) is 9.55 Å². The molecular weight excluding hydrogens is 641 g/mol. The zero-order valence-corrected chi connectivity index (χ0v) is 29.2. The van der Waals surface area contributed by atoms with E-state index < -0.39 is 0 Å². The van der Waals surface area contributed by atoms with Crippen LogP contribution in [0.1, 0.15) is 26.3 Å². The number of fused-ring (bicyclic) bond motifs is 7. The molecule has 3 aromatic heterocycles. The topological polar surface area (TPSA) is 46.7 Å². The molecule has 0 fully saturated rings. The molecule has 0 bridgehead atoms. The quantitative estimate of drug-likeness (QED) is 0.182. The summed E-state index contributed by atoms with van der Waals surface area (Å²) in [4.78, 5) is 9.51. The normalized spacial score (nSPS) is 13.1. The van der Waals surface area contributed by atoms with Gasteiger partial charge in [0.1, 0.15) is 29.6 Å². The lowest BCUT2D eigenvalue weighted by Gasteiger charge is -2.22. The third-order valence-electron chi connectivity index (χ3n) is 10.3. The summed E-state index contributed by atoms with van der Waals surface area (Å²) >= 11 is 0. The summed E-state index contributed by atoms with van der Waals surface area (Å²) in [5.41, 5.74) is 9.55. The molecule has 252 valence electrons. The van der Waals surface area contributed by atoms with Gasteiger partial charge in [0, 0.05) is 45.6 Å². The van der Waals surface area contributed by atoms with Crippen molar-refractivity contribution in [3.05, 3.63) is 157 Å². The lowest BCUT2D eigenvalue weighted by molar-refractivity contribution is 0.483. The van der Waals surface area contributed by atoms with Crippen molar-refractivity contribution in [3.8, 4) is 17.3 Å². The van der Waals surface area contributed by atoms with Gasteiger partial charge in [0.25, 0.3) is 0 Å². The SMILES string of the molecule is CC(C)(C)c1ccnc(-n2c3ccccc3c3ccc(Oc4cccc(N5CN(c6cccc7c6oc6ccccc67)c6ccccc65)c4)cc32)c1. The van der Waals surface area contributed by atoms with Crippen molar-refractivity contribution >= 4 is 66.5 Å². The average molecular weight is 677 g/mol. The van der Waals surface area contributed by atoms with Crippen LogP contribution in [0.4, 0.5) is 22.7 Å². The number of hydrogen-bond acceptors (Lipinski definition) is 5. The fourth-order valence-corrected chi connectivity index (χ4v) is 7.70. The lowest BCUT2D eigenvalue weighted by atomic mass is 9.88. The van der Waals surface area contributed by atoms with E-state index in [1.165, 1.54) is 10.9 Å². The highest BCUT2D eigenvalue weighted by atomic mass is 16.5. The van der Waals surface area contributed by atoms with Crippen LogP contribution in [0.3, 0.4) is 0 Å². The Hall–Kier alpha value is -6.53. The molecule has 0 unspecified atom stereocenters. The van der Waals surface area contributed by atoms with Crippen molar-refractivity contribution in [1.29, 1.82) is 0 Å². The van der Waals surface area contributed by atoms with E-state index in [-0.39, 0.29) is 5.41 Å². The number of anilines is 4. The number of aromatic nitrogens is 2. The summed E-state index contributed by atoms with van der Waals surface area (Å²) < 4.78 is 15.4. The molecule has 6 heteroatoms. The molecular formula is C46H36N4O2. The van der Waals surface area contributed by atoms with E-state index in [2.05, 4.69) is 163 Å². The minimum Gasteiger partial charge on any atom is -0.457 e. The number of para-hydroxylation sites is 5. The van der Waals surface area contributed by atoms with Gasteiger partial charge in [0.2, 0.25) is 0 Å². The molecule has 9 aromatic rings. The molecule has 0 saturated heterocycles. The van der Waals surface area contributed by atoms with Gasteiger partial charge in [-0.1, -0.05) is 87.5 Å². The molecule has 1 aliphatic rings. The molecule has 1 aliphatic heterocycles. The Balaban J connectivity index is 1.02. The van der Waals surface area contributed by atoms with E-state index in [0.29, 0.717) is 6.67 Å². The van der Waals surface area contributed by atoms with Gasteiger partial charge >= 0.3 is 0 Å². The minimum absolute atomic E-state index is 0.00336. The van der Waals surface area contributed by atoms with E-state index in [4.69, 9.17) is 14.1 Å². The van der Waals surface area contributed by atoms with Gasteiger partial charge in [-0.15, -0.1) is 0 Å². The van der Waals surface area contributed by atoms with Crippen LogP contribution in [-0.4, -0.2) is 16.2 Å². The maximum absolute atomic E-state index is 6.65. The van der Waals surface area contributed by atoms with Crippen LogP contribution in [0.2, 0.25) is 0 Å². The van der Waals surface area contributed by atoms with E-state index in [9.17, 15) is 0 Å². The molecule has 4 heterocycles. The second kappa shape index (κ2) is 11.5. The highest BCUT2D eigenvalue weighted by molar-refractivity contribution is 6.11. The predicted octanol–water partition coefficient (Wildman–Crippen LogP) is 12.4. The van der Waals surface area contributed by atoms with Gasteiger partial charge in [-0.2, -0.15) is 0 Å². The second-order valence-corrected chi connectivity index (χ2v) is 14.5. The Morgan fingerprint density at radius 2 is 1.27 bits per heavy atom. The summed E-state index contributed by atoms with van der Waals surface area (Å²) in [5, 5.41) is 4.59. The zero-order chi connectivity index (χ0) is 35.0. The third kappa shape index (κ3) is 4.83. The number of pyridine rings is 1. The van der Waals surface area contributed by atoms with E-state index in [1.807, 2.05) is 24.4 Å². The molecule has 0 atom stereocenters. The molecule has 0 radical (unpaired) electrons. The number of rotatable bonds is 5. The van der Waals surface area contributed by atoms with Gasteiger partial charge in [-0.25, -0.2) is 4.98 Å². The third-order valence-corrected chi connectivity index (χ3v) is 10.3. The first-order chi connectivity index (χ1) is 25.4. The van der Waals surface area contributed by atoms with Gasteiger partial charge in [0.05, 0.1) is 28.1 Å². The molecule has 0 N–H and O–H groups in total. The number of furan rings is 1. The Bertz CT molecular complexity index is 2820. The first-order valence-electron chi connectivity index (χ1n) is 17.7. The zero-order valence-electron chi connectivity index (χ0n) is 29.2. The van der Waals surface area contributed by atoms with E-state index >= 15 is 0 Å². The lowest BCUT2D eigenvalue weighted by Crippen LogP contribution is -2.24. The Morgan fingerprint density at radius 1 is 0.577 bits per heavy atom. The van der Waals surface area contributed by atoms with Crippen LogP contribution in [0.5, 0.6) is 11.5 Å². The Kier molecular flexibility index (Phi) is 6.70. The van der Waals surface area contributed by atoms with Crippen molar-refractivity contribution in [2.75, 3.05) is 16.5 Å². The number of ether oxygens (including phenoxy) is 1. The fourth-order valence-electron chi connectivity index (χ4n) is 7.70. The van der Waals surface area contributed by atoms with Crippen molar-refractivity contribution in [3.63, 3.8) is 0 Å². The number of hydrogen-bond donors (Lipinski definition) is 0. The Morgan fingerprint density at radius 3 is 2.13 bits per heavy atom. The van der Waals surface area contributed by atoms with Crippen molar-refractivity contribution in [2.24, 2.45) is 0 Å². The van der Waals surface area contributed by atoms with Crippen LogP contribution >= 0.6 is 0 Å². The first kappa shape index (κ1) is 30.3. The largest absolute Gasteiger partial charge is 0.457 e. The molecule has 10 rings (SSSR count). The minimum atomic E-state index is 0.00336. The summed E-state index contributed by atoms with van der Waals surface area (Å²) in [7, 11) is 0. The molecule has 0 saturated carbocycles. The van der Waals surface area contributed by atoms with Gasteiger partial charge in [-0.05, 0) is 77.7 Å².